The van der Waals surface area contributed by atoms with Crippen LogP contribution in [0.15, 0.2) is 12.1 Å². The third kappa shape index (κ3) is 2.46. The Morgan fingerprint density at radius 1 is 1.00 bits per heavy atom. The van der Waals surface area contributed by atoms with Crippen molar-refractivity contribution >= 4 is 0 Å². The van der Waals surface area contributed by atoms with Gasteiger partial charge in [-0.05, 0) is 31.0 Å². The molecule has 0 aliphatic carbocycles. The monoisotopic (exact) mass is 168 g/mol. The standard InChI is InChI=1S/C8H10O2.C2H6/c1-5-3-7(9)4-8(10)6(5)2;1-2/h3-4,9-10H,1-2H3;1-2H3. The molecule has 0 heterocycles. The number of phenolic OH excluding ortho intramolecular Hbond substituents is 2. The van der Waals surface area contributed by atoms with Crippen LogP contribution in [0.5, 0.6) is 11.5 Å². The van der Waals surface area contributed by atoms with E-state index in [0.29, 0.717) is 0 Å². The molecular formula is C10H16O2. The molecule has 0 unspecified atom stereocenters. The van der Waals surface area contributed by atoms with Crippen molar-refractivity contribution in [3.63, 3.8) is 0 Å². The van der Waals surface area contributed by atoms with Gasteiger partial charge in [0.15, 0.2) is 0 Å². The Labute approximate surface area is 73.5 Å². The van der Waals surface area contributed by atoms with E-state index in [1.807, 2.05) is 27.7 Å². The van der Waals surface area contributed by atoms with Crippen molar-refractivity contribution in [3.8, 4) is 11.5 Å². The van der Waals surface area contributed by atoms with Crippen molar-refractivity contribution in [2.24, 2.45) is 0 Å². The first-order chi connectivity index (χ1) is 5.61. The number of hydrogen-bond donors (Lipinski definition) is 2. The zero-order valence-electron chi connectivity index (χ0n) is 8.05. The molecule has 0 saturated heterocycles. The summed E-state index contributed by atoms with van der Waals surface area (Å²) >= 11 is 0. The van der Waals surface area contributed by atoms with E-state index in [-0.39, 0.29) is 11.5 Å². The van der Waals surface area contributed by atoms with Gasteiger partial charge in [0.05, 0.1) is 0 Å². The molecule has 68 valence electrons. The molecular weight excluding hydrogens is 152 g/mol. The Hall–Kier alpha value is -1.18. The summed E-state index contributed by atoms with van der Waals surface area (Å²) in [5.41, 5.74) is 1.72. The van der Waals surface area contributed by atoms with Gasteiger partial charge in [-0.1, -0.05) is 13.8 Å². The molecule has 0 aromatic heterocycles. The molecule has 0 aliphatic rings. The summed E-state index contributed by atoms with van der Waals surface area (Å²) in [5, 5.41) is 18.1. The van der Waals surface area contributed by atoms with Crippen LogP contribution in [0.1, 0.15) is 25.0 Å². The Morgan fingerprint density at radius 3 is 1.92 bits per heavy atom. The molecule has 2 heteroatoms. The van der Waals surface area contributed by atoms with Crippen LogP contribution < -0.4 is 0 Å². The van der Waals surface area contributed by atoms with Gasteiger partial charge >= 0.3 is 0 Å². The van der Waals surface area contributed by atoms with Crippen molar-refractivity contribution in [3.05, 3.63) is 23.3 Å². The maximum Gasteiger partial charge on any atom is 0.122 e. The minimum Gasteiger partial charge on any atom is -0.508 e. The molecule has 1 aromatic rings. The fourth-order valence-electron chi connectivity index (χ4n) is 0.822. The summed E-state index contributed by atoms with van der Waals surface area (Å²) in [6, 6.07) is 2.96. The summed E-state index contributed by atoms with van der Waals surface area (Å²) in [6.07, 6.45) is 0. The van der Waals surface area contributed by atoms with Crippen LogP contribution in [-0.2, 0) is 0 Å². The number of rotatable bonds is 0. The predicted octanol–water partition coefficient (Wildman–Crippen LogP) is 2.74. The first kappa shape index (κ1) is 10.8. The van der Waals surface area contributed by atoms with Crippen molar-refractivity contribution in [1.82, 2.24) is 0 Å². The second-order valence-electron chi connectivity index (χ2n) is 2.41. The minimum absolute atomic E-state index is 0.112. The Bertz CT molecular complexity index is 231. The van der Waals surface area contributed by atoms with E-state index >= 15 is 0 Å². The number of hydrogen-bond acceptors (Lipinski definition) is 2. The maximum atomic E-state index is 9.12. The lowest BCUT2D eigenvalue weighted by Gasteiger charge is -2.02. The van der Waals surface area contributed by atoms with Crippen LogP contribution in [0.2, 0.25) is 0 Å². The van der Waals surface area contributed by atoms with Crippen LogP contribution in [0.4, 0.5) is 0 Å². The van der Waals surface area contributed by atoms with Crippen LogP contribution in [-0.4, -0.2) is 10.2 Å². The van der Waals surface area contributed by atoms with Crippen LogP contribution in [0.25, 0.3) is 0 Å². The van der Waals surface area contributed by atoms with Gasteiger partial charge in [-0.25, -0.2) is 0 Å². The summed E-state index contributed by atoms with van der Waals surface area (Å²) in [4.78, 5) is 0. The lowest BCUT2D eigenvalue weighted by molar-refractivity contribution is 0.447. The molecule has 0 spiro atoms. The van der Waals surface area contributed by atoms with E-state index in [1.54, 1.807) is 6.07 Å². The van der Waals surface area contributed by atoms with E-state index in [1.165, 1.54) is 6.07 Å². The summed E-state index contributed by atoms with van der Waals surface area (Å²) in [5.74, 6) is 0.262. The topological polar surface area (TPSA) is 40.5 Å². The molecule has 2 N–H and O–H groups in total. The maximum absolute atomic E-state index is 9.12. The van der Waals surface area contributed by atoms with Crippen molar-refractivity contribution in [1.29, 1.82) is 0 Å². The van der Waals surface area contributed by atoms with E-state index in [2.05, 4.69) is 0 Å². The Kier molecular flexibility index (Phi) is 4.19. The second-order valence-corrected chi connectivity index (χ2v) is 2.41. The van der Waals surface area contributed by atoms with E-state index in [4.69, 9.17) is 10.2 Å². The lowest BCUT2D eigenvalue weighted by atomic mass is 10.1. The quantitative estimate of drug-likeness (QED) is 0.625. The van der Waals surface area contributed by atoms with Gasteiger partial charge < -0.3 is 10.2 Å². The van der Waals surface area contributed by atoms with Gasteiger partial charge in [-0.2, -0.15) is 0 Å². The van der Waals surface area contributed by atoms with Crippen molar-refractivity contribution < 1.29 is 10.2 Å². The fourth-order valence-corrected chi connectivity index (χ4v) is 0.822. The minimum atomic E-state index is 0.112. The molecule has 0 radical (unpaired) electrons. The molecule has 0 fully saturated rings. The molecule has 1 aromatic carbocycles. The van der Waals surface area contributed by atoms with Gasteiger partial charge in [0.1, 0.15) is 11.5 Å². The second kappa shape index (κ2) is 4.65. The number of benzene rings is 1. The third-order valence-corrected chi connectivity index (χ3v) is 1.62. The molecule has 2 nitrogen and oxygen atoms in total. The van der Waals surface area contributed by atoms with Gasteiger partial charge in [0.25, 0.3) is 0 Å². The predicted molar refractivity (Wildman–Crippen MR) is 50.6 cm³/mol. The van der Waals surface area contributed by atoms with Gasteiger partial charge in [-0.3, -0.25) is 0 Å². The number of phenols is 2. The Morgan fingerprint density at radius 2 is 1.50 bits per heavy atom. The van der Waals surface area contributed by atoms with E-state index in [9.17, 15) is 0 Å². The zero-order chi connectivity index (χ0) is 9.72. The van der Waals surface area contributed by atoms with E-state index < -0.39 is 0 Å². The molecule has 0 bridgehead atoms. The normalized spacial score (nSPS) is 8.67. The number of aryl methyl sites for hydroxylation is 1. The summed E-state index contributed by atoms with van der Waals surface area (Å²) in [7, 11) is 0. The highest BCUT2D eigenvalue weighted by molar-refractivity contribution is 5.43. The molecule has 0 saturated carbocycles. The molecule has 1 rings (SSSR count). The number of aromatic hydroxyl groups is 2. The Balaban J connectivity index is 0.000000561. The molecule has 0 aliphatic heterocycles. The van der Waals surface area contributed by atoms with Crippen LogP contribution in [0.3, 0.4) is 0 Å². The van der Waals surface area contributed by atoms with Crippen LogP contribution >= 0.6 is 0 Å². The smallest absolute Gasteiger partial charge is 0.122 e. The van der Waals surface area contributed by atoms with Gasteiger partial charge in [0.2, 0.25) is 0 Å². The molecule has 0 amide bonds. The highest BCUT2D eigenvalue weighted by Gasteiger charge is 2.00. The average Bonchev–Trinajstić information content (AvgIpc) is 2.04. The summed E-state index contributed by atoms with van der Waals surface area (Å²) < 4.78 is 0. The first-order valence-corrected chi connectivity index (χ1v) is 4.10. The highest BCUT2D eigenvalue weighted by Crippen LogP contribution is 2.24. The largest absolute Gasteiger partial charge is 0.508 e. The van der Waals surface area contributed by atoms with Gasteiger partial charge in [0, 0.05) is 6.07 Å². The van der Waals surface area contributed by atoms with E-state index in [0.717, 1.165) is 11.1 Å². The highest BCUT2D eigenvalue weighted by atomic mass is 16.3. The molecule has 0 atom stereocenters. The zero-order valence-corrected chi connectivity index (χ0v) is 8.05. The SMILES string of the molecule is CC.Cc1cc(O)cc(O)c1C. The van der Waals surface area contributed by atoms with Crippen molar-refractivity contribution in [2.45, 2.75) is 27.7 Å². The third-order valence-electron chi connectivity index (χ3n) is 1.62. The van der Waals surface area contributed by atoms with Crippen molar-refractivity contribution in [2.75, 3.05) is 0 Å². The fraction of sp³-hybridized carbons (Fsp3) is 0.400. The first-order valence-electron chi connectivity index (χ1n) is 4.10. The van der Waals surface area contributed by atoms with Gasteiger partial charge in [-0.15, -0.1) is 0 Å². The average molecular weight is 168 g/mol. The summed E-state index contributed by atoms with van der Waals surface area (Å²) in [6.45, 7) is 7.65. The lowest BCUT2D eigenvalue weighted by Crippen LogP contribution is -1.80. The molecule has 12 heavy (non-hydrogen) atoms. The van der Waals surface area contributed by atoms with Crippen LogP contribution in [0, 0.1) is 13.8 Å².